The van der Waals surface area contributed by atoms with E-state index in [-0.39, 0.29) is 11.1 Å². The Morgan fingerprint density at radius 1 is 1.17 bits per heavy atom. The molecule has 3 aliphatic heterocycles. The van der Waals surface area contributed by atoms with Crippen molar-refractivity contribution in [2.75, 3.05) is 64.6 Å². The van der Waals surface area contributed by atoms with Gasteiger partial charge in [0.05, 0.1) is 18.8 Å². The van der Waals surface area contributed by atoms with Crippen molar-refractivity contribution in [2.45, 2.75) is 37.3 Å². The van der Waals surface area contributed by atoms with Crippen molar-refractivity contribution >= 4 is 17.7 Å². The number of ether oxygens (including phenoxy) is 2. The van der Waals surface area contributed by atoms with Crippen molar-refractivity contribution < 1.29 is 9.47 Å². The van der Waals surface area contributed by atoms with E-state index < -0.39 is 0 Å². The molecule has 7 heteroatoms. The molecule has 3 fully saturated rings. The highest BCUT2D eigenvalue weighted by atomic mass is 32.2. The molecule has 3 heterocycles. The van der Waals surface area contributed by atoms with E-state index >= 15 is 0 Å². The second kappa shape index (κ2) is 8.25. The molecule has 0 aromatic carbocycles. The number of thioether (sulfide) groups is 1. The summed E-state index contributed by atoms with van der Waals surface area (Å²) in [7, 11) is 1.85. The Labute approximate surface area is 150 Å². The lowest BCUT2D eigenvalue weighted by Crippen LogP contribution is -2.60. The first-order valence-corrected chi connectivity index (χ1v) is 10.3. The predicted octanol–water partition coefficient (Wildman–Crippen LogP) is 0.928. The van der Waals surface area contributed by atoms with Gasteiger partial charge in [-0.15, -0.1) is 0 Å². The summed E-state index contributed by atoms with van der Waals surface area (Å²) in [6.07, 6.45) is 3.51. The number of hydrogen-bond donors (Lipinski definition) is 2. The molecule has 138 valence electrons. The van der Waals surface area contributed by atoms with Crippen LogP contribution in [0.1, 0.15) is 26.2 Å². The van der Waals surface area contributed by atoms with Gasteiger partial charge in [-0.25, -0.2) is 0 Å². The van der Waals surface area contributed by atoms with Crippen molar-refractivity contribution in [3.63, 3.8) is 0 Å². The molecule has 24 heavy (non-hydrogen) atoms. The van der Waals surface area contributed by atoms with Gasteiger partial charge >= 0.3 is 0 Å². The van der Waals surface area contributed by atoms with Gasteiger partial charge in [-0.3, -0.25) is 9.89 Å². The lowest BCUT2D eigenvalue weighted by Gasteiger charge is -2.43. The van der Waals surface area contributed by atoms with Crippen molar-refractivity contribution in [1.29, 1.82) is 0 Å². The van der Waals surface area contributed by atoms with Gasteiger partial charge in [-0.1, -0.05) is 0 Å². The van der Waals surface area contributed by atoms with Crippen molar-refractivity contribution in [2.24, 2.45) is 4.99 Å². The van der Waals surface area contributed by atoms with Crippen LogP contribution < -0.4 is 10.6 Å². The van der Waals surface area contributed by atoms with E-state index in [1.54, 1.807) is 0 Å². The fraction of sp³-hybridized carbons (Fsp3) is 0.941. The Morgan fingerprint density at radius 3 is 2.58 bits per heavy atom. The first-order valence-electron chi connectivity index (χ1n) is 9.15. The van der Waals surface area contributed by atoms with Crippen LogP contribution in [0.3, 0.4) is 0 Å². The molecular weight excluding hydrogens is 324 g/mol. The van der Waals surface area contributed by atoms with Gasteiger partial charge in [0.2, 0.25) is 0 Å². The molecule has 3 saturated heterocycles. The molecule has 0 saturated carbocycles. The second-order valence-corrected chi connectivity index (χ2v) is 8.41. The number of nitrogens with zero attached hydrogens (tertiary/aromatic N) is 2. The summed E-state index contributed by atoms with van der Waals surface area (Å²) in [6.45, 7) is 8.61. The maximum absolute atomic E-state index is 5.86. The molecule has 0 radical (unpaired) electrons. The number of nitrogens with one attached hydrogen (secondary N) is 2. The number of guanidine groups is 1. The maximum Gasteiger partial charge on any atom is 0.191 e. The van der Waals surface area contributed by atoms with Crippen molar-refractivity contribution in [1.82, 2.24) is 15.5 Å². The highest BCUT2D eigenvalue weighted by Crippen LogP contribution is 2.33. The second-order valence-electron chi connectivity index (χ2n) is 7.31. The van der Waals surface area contributed by atoms with Gasteiger partial charge in [0.15, 0.2) is 5.96 Å². The van der Waals surface area contributed by atoms with Crippen LogP contribution in [0.2, 0.25) is 0 Å². The van der Waals surface area contributed by atoms with Gasteiger partial charge in [0.25, 0.3) is 0 Å². The summed E-state index contributed by atoms with van der Waals surface area (Å²) in [4.78, 5) is 7.03. The number of morpholine rings is 1. The van der Waals surface area contributed by atoms with Crippen LogP contribution in [-0.2, 0) is 9.47 Å². The fourth-order valence-electron chi connectivity index (χ4n) is 3.85. The predicted molar refractivity (Wildman–Crippen MR) is 100 cm³/mol. The summed E-state index contributed by atoms with van der Waals surface area (Å²) >= 11 is 2.06. The molecule has 2 atom stereocenters. The van der Waals surface area contributed by atoms with Crippen LogP contribution in [0.5, 0.6) is 0 Å². The molecule has 0 amide bonds. The third-order valence-corrected chi connectivity index (χ3v) is 6.74. The van der Waals surface area contributed by atoms with E-state index in [1.165, 1.54) is 17.9 Å². The molecule has 2 unspecified atom stereocenters. The molecular formula is C17H32N4O2S. The molecule has 3 rings (SSSR count). The average molecular weight is 357 g/mol. The van der Waals surface area contributed by atoms with Crippen LogP contribution in [-0.4, -0.2) is 86.6 Å². The molecule has 2 N–H and O–H groups in total. The smallest absolute Gasteiger partial charge is 0.191 e. The lowest BCUT2D eigenvalue weighted by molar-refractivity contribution is -0.0121. The molecule has 6 nitrogen and oxygen atoms in total. The van der Waals surface area contributed by atoms with Gasteiger partial charge < -0.3 is 20.1 Å². The van der Waals surface area contributed by atoms with Crippen LogP contribution >= 0.6 is 11.8 Å². The Hall–Kier alpha value is -0.500. The van der Waals surface area contributed by atoms with Gasteiger partial charge in [0.1, 0.15) is 0 Å². The quantitative estimate of drug-likeness (QED) is 0.565. The zero-order valence-corrected chi connectivity index (χ0v) is 15.9. The number of rotatable bonds is 5. The third-order valence-electron chi connectivity index (χ3n) is 5.50. The summed E-state index contributed by atoms with van der Waals surface area (Å²) < 4.78 is 11.4. The first-order chi connectivity index (χ1) is 11.7. The molecule has 0 spiro atoms. The van der Waals surface area contributed by atoms with Crippen LogP contribution in [0.25, 0.3) is 0 Å². The Balaban J connectivity index is 1.52. The van der Waals surface area contributed by atoms with Gasteiger partial charge in [0, 0.05) is 51.1 Å². The molecule has 0 aromatic rings. The highest BCUT2D eigenvalue weighted by Gasteiger charge is 2.40. The maximum atomic E-state index is 5.86. The van der Waals surface area contributed by atoms with E-state index in [1.807, 2.05) is 7.05 Å². The molecule has 3 aliphatic rings. The average Bonchev–Trinajstić information content (AvgIpc) is 3.26. The Morgan fingerprint density at radius 2 is 1.96 bits per heavy atom. The number of aliphatic imine (C=N–C) groups is 1. The first kappa shape index (κ1) is 18.3. The van der Waals surface area contributed by atoms with E-state index in [0.29, 0.717) is 0 Å². The normalized spacial score (nSPS) is 35.3. The minimum Gasteiger partial charge on any atom is -0.379 e. The largest absolute Gasteiger partial charge is 0.379 e. The van der Waals surface area contributed by atoms with Crippen LogP contribution in [0, 0.1) is 0 Å². The van der Waals surface area contributed by atoms with E-state index in [4.69, 9.17) is 9.47 Å². The van der Waals surface area contributed by atoms with E-state index in [0.717, 1.165) is 64.8 Å². The Kier molecular flexibility index (Phi) is 6.29. The number of hydrogen-bond acceptors (Lipinski definition) is 5. The zero-order chi connectivity index (χ0) is 16.9. The standard InChI is InChI=1S/C17H32N4O2S/c1-16(4-3-8-23-16)12-19-15(18-2)20-13-17(5-11-24-14-17)21-6-9-22-10-7-21/h3-14H2,1-2H3,(H2,18,19,20). The topological polar surface area (TPSA) is 58.1 Å². The highest BCUT2D eigenvalue weighted by molar-refractivity contribution is 7.99. The molecule has 0 aliphatic carbocycles. The minimum absolute atomic E-state index is 0.0529. The lowest BCUT2D eigenvalue weighted by atomic mass is 9.95. The fourth-order valence-corrected chi connectivity index (χ4v) is 5.33. The zero-order valence-electron chi connectivity index (χ0n) is 15.1. The minimum atomic E-state index is -0.0529. The van der Waals surface area contributed by atoms with Gasteiger partial charge in [-0.05, 0) is 31.9 Å². The van der Waals surface area contributed by atoms with Gasteiger partial charge in [-0.2, -0.15) is 11.8 Å². The summed E-state index contributed by atoms with van der Waals surface area (Å²) in [5.41, 5.74) is 0.183. The van der Waals surface area contributed by atoms with Crippen molar-refractivity contribution in [3.05, 3.63) is 0 Å². The Bertz CT molecular complexity index is 428. The van der Waals surface area contributed by atoms with Crippen molar-refractivity contribution in [3.8, 4) is 0 Å². The summed E-state index contributed by atoms with van der Waals surface area (Å²) in [5, 5.41) is 7.04. The summed E-state index contributed by atoms with van der Waals surface area (Å²) in [5.74, 6) is 3.32. The third kappa shape index (κ3) is 4.36. The van der Waals surface area contributed by atoms with Crippen LogP contribution in [0.15, 0.2) is 4.99 Å². The SMILES string of the molecule is CN=C(NCC1(C)CCCO1)NCC1(N2CCOCC2)CCSC1. The van der Waals surface area contributed by atoms with Crippen LogP contribution in [0.4, 0.5) is 0 Å². The summed E-state index contributed by atoms with van der Waals surface area (Å²) in [6, 6.07) is 0. The monoisotopic (exact) mass is 356 g/mol. The van der Waals surface area contributed by atoms with E-state index in [9.17, 15) is 0 Å². The molecule has 0 aromatic heterocycles. The molecule has 0 bridgehead atoms. The van der Waals surface area contributed by atoms with E-state index in [2.05, 4.69) is 39.2 Å².